The van der Waals surface area contributed by atoms with E-state index < -0.39 is 47.7 Å². The molecule has 2 aromatic carbocycles. The first-order valence-electron chi connectivity index (χ1n) is 14.3. The first-order chi connectivity index (χ1) is 20.2. The predicted octanol–water partition coefficient (Wildman–Crippen LogP) is 2.08. The number of rotatable bonds is 13. The highest BCUT2D eigenvalue weighted by Gasteiger charge is 2.31. The van der Waals surface area contributed by atoms with E-state index in [1.54, 1.807) is 44.0 Å². The van der Waals surface area contributed by atoms with Crippen molar-refractivity contribution in [2.45, 2.75) is 71.7 Å². The highest BCUT2D eigenvalue weighted by molar-refractivity contribution is 5.99. The fraction of sp³-hybridized carbons (Fsp3) is 0.406. The average molecular weight is 591 g/mol. The summed E-state index contributed by atoms with van der Waals surface area (Å²) in [4.78, 5) is 55.6. The molecule has 3 rings (SSSR count). The summed E-state index contributed by atoms with van der Waals surface area (Å²) in [6, 6.07) is 17.5. The minimum absolute atomic E-state index is 0.00508. The number of para-hydroxylation sites is 1. The zero-order valence-electron chi connectivity index (χ0n) is 25.3. The molecule has 230 valence electrons. The SMILES string of the molecule is CC(C)N(CC(O)[C@H](Cc1ccccc1)NC(=O)[C@H](CC(N)=O)NC(=O)c1ccc2ccccc2n1)NC(=O)C(C)(C)C. The number of primary amides is 1. The molecule has 0 bridgehead atoms. The van der Waals surface area contributed by atoms with Crippen LogP contribution in [-0.2, 0) is 20.8 Å². The summed E-state index contributed by atoms with van der Waals surface area (Å²) in [6.07, 6.45) is -1.35. The minimum atomic E-state index is -1.31. The van der Waals surface area contributed by atoms with E-state index in [9.17, 15) is 24.3 Å². The quantitative estimate of drug-likeness (QED) is 0.190. The monoisotopic (exact) mass is 590 g/mol. The lowest BCUT2D eigenvalue weighted by Gasteiger charge is -2.34. The van der Waals surface area contributed by atoms with Crippen molar-refractivity contribution in [3.05, 3.63) is 78.0 Å². The molecule has 3 atom stereocenters. The lowest BCUT2D eigenvalue weighted by Crippen LogP contribution is -2.58. The molecule has 4 amide bonds. The number of nitrogens with one attached hydrogen (secondary N) is 3. The maximum Gasteiger partial charge on any atom is 0.270 e. The molecular formula is C32H42N6O5. The summed E-state index contributed by atoms with van der Waals surface area (Å²) in [6.45, 7) is 9.12. The number of fused-ring (bicyclic) bond motifs is 1. The number of hydrazine groups is 1. The third kappa shape index (κ3) is 9.86. The summed E-state index contributed by atoms with van der Waals surface area (Å²) in [5, 5.41) is 19.2. The van der Waals surface area contributed by atoms with Crippen LogP contribution >= 0.6 is 0 Å². The van der Waals surface area contributed by atoms with Crippen LogP contribution in [0.3, 0.4) is 0 Å². The van der Waals surface area contributed by atoms with E-state index in [1.807, 2.05) is 56.3 Å². The van der Waals surface area contributed by atoms with Crippen molar-refractivity contribution in [3.63, 3.8) is 0 Å². The van der Waals surface area contributed by atoms with E-state index in [-0.39, 0.29) is 30.6 Å². The Labute approximate surface area is 252 Å². The Bertz CT molecular complexity index is 1420. The Balaban J connectivity index is 1.82. The third-order valence-electron chi connectivity index (χ3n) is 6.88. The van der Waals surface area contributed by atoms with Gasteiger partial charge in [-0.05, 0) is 38.0 Å². The maximum absolute atomic E-state index is 13.5. The molecule has 11 nitrogen and oxygen atoms in total. The van der Waals surface area contributed by atoms with Gasteiger partial charge in [0.25, 0.3) is 5.91 Å². The van der Waals surface area contributed by atoms with Crippen LogP contribution < -0.4 is 21.8 Å². The van der Waals surface area contributed by atoms with Crippen molar-refractivity contribution < 1.29 is 24.3 Å². The number of carbonyl (C=O) groups is 4. The van der Waals surface area contributed by atoms with Crippen molar-refractivity contribution >= 4 is 34.5 Å². The number of aliphatic hydroxyl groups excluding tert-OH is 1. The van der Waals surface area contributed by atoms with E-state index in [4.69, 9.17) is 5.73 Å². The Hall–Kier alpha value is -4.35. The highest BCUT2D eigenvalue weighted by Crippen LogP contribution is 2.15. The lowest BCUT2D eigenvalue weighted by atomic mass is 9.96. The first-order valence-corrected chi connectivity index (χ1v) is 14.3. The zero-order valence-corrected chi connectivity index (χ0v) is 25.3. The van der Waals surface area contributed by atoms with Gasteiger partial charge in [-0.15, -0.1) is 0 Å². The summed E-state index contributed by atoms with van der Waals surface area (Å²) in [5.41, 5.74) is 9.16. The number of nitrogens with zero attached hydrogens (tertiary/aromatic N) is 2. The molecular weight excluding hydrogens is 548 g/mol. The summed E-state index contributed by atoms with van der Waals surface area (Å²) in [7, 11) is 0. The predicted molar refractivity (Wildman–Crippen MR) is 164 cm³/mol. The van der Waals surface area contributed by atoms with Gasteiger partial charge in [-0.25, -0.2) is 9.99 Å². The topological polar surface area (TPSA) is 167 Å². The second-order valence-electron chi connectivity index (χ2n) is 11.9. The van der Waals surface area contributed by atoms with Gasteiger partial charge in [0, 0.05) is 23.4 Å². The molecule has 1 aromatic heterocycles. The van der Waals surface area contributed by atoms with Gasteiger partial charge in [-0.3, -0.25) is 24.6 Å². The van der Waals surface area contributed by atoms with E-state index in [2.05, 4.69) is 21.0 Å². The fourth-order valence-corrected chi connectivity index (χ4v) is 4.28. The van der Waals surface area contributed by atoms with Crippen LogP contribution in [0.1, 0.15) is 57.1 Å². The normalized spacial score (nSPS) is 13.8. The summed E-state index contributed by atoms with van der Waals surface area (Å²) in [5.74, 6) is -2.35. The van der Waals surface area contributed by atoms with E-state index in [1.165, 1.54) is 6.07 Å². The van der Waals surface area contributed by atoms with Gasteiger partial charge in [-0.1, -0.05) is 75.4 Å². The van der Waals surface area contributed by atoms with Gasteiger partial charge >= 0.3 is 0 Å². The molecule has 0 aliphatic heterocycles. The van der Waals surface area contributed by atoms with Crippen LogP contribution in [0.2, 0.25) is 0 Å². The summed E-state index contributed by atoms with van der Waals surface area (Å²) >= 11 is 0. The number of hydrogen-bond acceptors (Lipinski definition) is 7. The number of hydrogen-bond donors (Lipinski definition) is 5. The largest absolute Gasteiger partial charge is 0.390 e. The van der Waals surface area contributed by atoms with Crippen molar-refractivity contribution in [2.75, 3.05) is 6.54 Å². The number of nitrogens with two attached hydrogens (primary N) is 1. The van der Waals surface area contributed by atoms with Gasteiger partial charge in [0.05, 0.1) is 24.1 Å². The highest BCUT2D eigenvalue weighted by atomic mass is 16.3. The molecule has 0 aliphatic rings. The van der Waals surface area contributed by atoms with Gasteiger partial charge in [0.15, 0.2) is 0 Å². The first kappa shape index (κ1) is 33.2. The van der Waals surface area contributed by atoms with Crippen LogP contribution in [0.5, 0.6) is 0 Å². The molecule has 1 unspecified atom stereocenters. The maximum atomic E-state index is 13.5. The Kier molecular flexibility index (Phi) is 11.3. The van der Waals surface area contributed by atoms with E-state index >= 15 is 0 Å². The molecule has 0 saturated carbocycles. The Morgan fingerprint density at radius 1 is 0.930 bits per heavy atom. The molecule has 0 saturated heterocycles. The molecule has 0 fully saturated rings. The molecule has 43 heavy (non-hydrogen) atoms. The van der Waals surface area contributed by atoms with Gasteiger partial charge in [0.1, 0.15) is 11.7 Å². The van der Waals surface area contributed by atoms with Crippen molar-refractivity contribution in [2.24, 2.45) is 11.1 Å². The smallest absolute Gasteiger partial charge is 0.270 e. The molecule has 1 heterocycles. The zero-order chi connectivity index (χ0) is 31.7. The summed E-state index contributed by atoms with van der Waals surface area (Å²) < 4.78 is 0. The van der Waals surface area contributed by atoms with Crippen molar-refractivity contribution in [1.29, 1.82) is 0 Å². The van der Waals surface area contributed by atoms with E-state index in [0.717, 1.165) is 10.9 Å². The molecule has 6 N–H and O–H groups in total. The number of carbonyl (C=O) groups excluding carboxylic acids is 4. The number of amides is 4. The molecule has 0 radical (unpaired) electrons. The standard InChI is InChI=1S/C32H42N6O5/c1-20(2)38(37-31(43)32(3,4)5)19-27(39)25(17-21-11-7-6-8-12-21)35-30(42)26(18-28(33)40)36-29(41)24-16-15-22-13-9-10-14-23(22)34-24/h6-16,20,25-27,39H,17-19H2,1-5H3,(H2,33,40)(H,35,42)(H,36,41)(H,37,43)/t25-,26-,27?/m0/s1. The number of pyridine rings is 1. The molecule has 11 heteroatoms. The van der Waals surface area contributed by atoms with Crippen LogP contribution in [0.4, 0.5) is 0 Å². The Morgan fingerprint density at radius 2 is 1.58 bits per heavy atom. The van der Waals surface area contributed by atoms with Gasteiger partial charge in [-0.2, -0.15) is 0 Å². The number of aliphatic hydroxyl groups is 1. The van der Waals surface area contributed by atoms with Gasteiger partial charge < -0.3 is 21.5 Å². The van der Waals surface area contributed by atoms with Crippen LogP contribution in [0.15, 0.2) is 66.7 Å². The molecule has 3 aromatic rings. The van der Waals surface area contributed by atoms with Crippen LogP contribution in [-0.4, -0.2) is 69.5 Å². The van der Waals surface area contributed by atoms with E-state index in [0.29, 0.717) is 5.52 Å². The van der Waals surface area contributed by atoms with Crippen molar-refractivity contribution in [3.8, 4) is 0 Å². The number of aromatic nitrogens is 1. The Morgan fingerprint density at radius 3 is 2.21 bits per heavy atom. The van der Waals surface area contributed by atoms with Gasteiger partial charge in [0.2, 0.25) is 17.7 Å². The average Bonchev–Trinajstić information content (AvgIpc) is 2.95. The lowest BCUT2D eigenvalue weighted by molar-refractivity contribution is -0.136. The molecule has 0 aliphatic carbocycles. The minimum Gasteiger partial charge on any atom is -0.390 e. The third-order valence-corrected chi connectivity index (χ3v) is 6.88. The second-order valence-corrected chi connectivity index (χ2v) is 11.9. The van der Waals surface area contributed by atoms with Crippen molar-refractivity contribution in [1.82, 2.24) is 26.1 Å². The second kappa shape index (κ2) is 14.7. The van der Waals surface area contributed by atoms with Crippen LogP contribution in [0.25, 0.3) is 10.9 Å². The number of benzene rings is 2. The fourth-order valence-electron chi connectivity index (χ4n) is 4.28. The van der Waals surface area contributed by atoms with Crippen LogP contribution in [0, 0.1) is 5.41 Å². The molecule has 0 spiro atoms.